The summed E-state index contributed by atoms with van der Waals surface area (Å²) in [4.78, 5) is 30.9. The van der Waals surface area contributed by atoms with Crippen LogP contribution in [0, 0.1) is 0 Å². The third-order valence-electron chi connectivity index (χ3n) is 4.95. The molecule has 1 amide bonds. The third kappa shape index (κ3) is 3.82. The molecule has 0 fully saturated rings. The second-order valence-electron chi connectivity index (χ2n) is 6.82. The molecule has 1 aliphatic rings. The third-order valence-corrected chi connectivity index (χ3v) is 4.95. The molecule has 2 aromatic carbocycles. The average Bonchev–Trinajstić information content (AvgIpc) is 3.36. The fourth-order valence-electron chi connectivity index (χ4n) is 3.42. The Labute approximate surface area is 177 Å². The van der Waals surface area contributed by atoms with Crippen LogP contribution in [0.1, 0.15) is 0 Å². The number of hydrogen-bond acceptors (Lipinski definition) is 8. The maximum Gasteiger partial charge on any atom is 0.337 e. The molecule has 1 aliphatic heterocycles. The Morgan fingerprint density at radius 2 is 2.06 bits per heavy atom. The van der Waals surface area contributed by atoms with Crippen molar-refractivity contribution in [2.24, 2.45) is 0 Å². The minimum Gasteiger partial charge on any atom is -0.495 e. The van der Waals surface area contributed by atoms with E-state index in [1.165, 1.54) is 19.1 Å². The first kappa shape index (κ1) is 20.4. The molecule has 9 nitrogen and oxygen atoms in total. The van der Waals surface area contributed by atoms with Crippen LogP contribution in [0.5, 0.6) is 5.75 Å². The van der Waals surface area contributed by atoms with Crippen LogP contribution in [0.3, 0.4) is 0 Å². The molecule has 0 atom stereocenters. The van der Waals surface area contributed by atoms with Gasteiger partial charge in [-0.3, -0.25) is 4.79 Å². The van der Waals surface area contributed by atoms with Gasteiger partial charge in [0.25, 0.3) is 5.91 Å². The van der Waals surface area contributed by atoms with E-state index in [4.69, 9.17) is 13.9 Å². The Balaban J connectivity index is 1.73. The molecule has 2 N–H and O–H groups in total. The van der Waals surface area contributed by atoms with E-state index in [9.17, 15) is 14.7 Å². The predicted molar refractivity (Wildman–Crippen MR) is 112 cm³/mol. The molecule has 0 radical (unpaired) electrons. The average molecular weight is 423 g/mol. The van der Waals surface area contributed by atoms with Gasteiger partial charge in [0.15, 0.2) is 5.58 Å². The number of amides is 1. The fourth-order valence-corrected chi connectivity index (χ4v) is 3.42. The highest BCUT2D eigenvalue weighted by Gasteiger charge is 2.35. The number of β-amino-alcohol motifs (C(OH)–C–C–N with tert-alkyl or cyclic N) is 1. The van der Waals surface area contributed by atoms with E-state index in [-0.39, 0.29) is 31.0 Å². The Morgan fingerprint density at radius 3 is 2.77 bits per heavy atom. The van der Waals surface area contributed by atoms with Gasteiger partial charge >= 0.3 is 5.97 Å². The highest BCUT2D eigenvalue weighted by Crippen LogP contribution is 2.34. The second-order valence-corrected chi connectivity index (χ2v) is 6.82. The number of para-hydroxylation sites is 2. The summed E-state index contributed by atoms with van der Waals surface area (Å²) in [6, 6.07) is 12.7. The van der Waals surface area contributed by atoms with Crippen LogP contribution in [0.4, 0.5) is 5.69 Å². The molecule has 0 saturated heterocycles. The summed E-state index contributed by atoms with van der Waals surface area (Å²) in [5.74, 6) is -0.159. The molecule has 2 heterocycles. The molecule has 0 unspecified atom stereocenters. The molecule has 1 aromatic heterocycles. The van der Waals surface area contributed by atoms with E-state index in [0.717, 1.165) is 5.52 Å². The van der Waals surface area contributed by atoms with Crippen molar-refractivity contribution >= 4 is 28.7 Å². The van der Waals surface area contributed by atoms with Gasteiger partial charge in [-0.15, -0.1) is 0 Å². The number of oxazole rings is 1. The number of anilines is 1. The molecule has 31 heavy (non-hydrogen) atoms. The number of aliphatic hydroxyl groups is 1. The number of carbonyl (C=O) groups excluding carboxylic acids is 2. The lowest BCUT2D eigenvalue weighted by atomic mass is 10.1. The Hall–Kier alpha value is -3.85. The lowest BCUT2D eigenvalue weighted by Gasteiger charge is -2.16. The summed E-state index contributed by atoms with van der Waals surface area (Å²) in [6.45, 7) is -0.0733. The molecule has 160 valence electrons. The van der Waals surface area contributed by atoms with Gasteiger partial charge in [-0.1, -0.05) is 12.1 Å². The van der Waals surface area contributed by atoms with Gasteiger partial charge in [-0.2, -0.15) is 0 Å². The summed E-state index contributed by atoms with van der Waals surface area (Å²) in [5, 5.41) is 12.2. The summed E-state index contributed by atoms with van der Waals surface area (Å²) in [6.07, 6.45) is 0. The molecule has 0 bridgehead atoms. The second kappa shape index (κ2) is 8.49. The van der Waals surface area contributed by atoms with Crippen molar-refractivity contribution in [1.29, 1.82) is 0 Å². The number of carbonyl (C=O) groups is 2. The van der Waals surface area contributed by atoms with Crippen molar-refractivity contribution in [3.05, 3.63) is 53.7 Å². The van der Waals surface area contributed by atoms with Crippen molar-refractivity contribution in [1.82, 2.24) is 9.88 Å². The quantitative estimate of drug-likeness (QED) is 0.556. The van der Waals surface area contributed by atoms with Gasteiger partial charge in [-0.25, -0.2) is 9.78 Å². The zero-order valence-corrected chi connectivity index (χ0v) is 17.0. The molecule has 0 saturated carbocycles. The predicted octanol–water partition coefficient (Wildman–Crippen LogP) is 2.18. The fraction of sp³-hybridized carbons (Fsp3) is 0.227. The van der Waals surface area contributed by atoms with E-state index in [0.29, 0.717) is 28.5 Å². The standard InChI is InChI=1S/C22H21N3O6/c1-29-17-8-7-13(20-24-15-5-3-4-6-18(15)31-20)11-16(17)23-19-14(22(28)30-2)12-25(9-10-26)21(19)27/h3-8,11,23,26H,9-10,12H2,1-2H3. The lowest BCUT2D eigenvalue weighted by Crippen LogP contribution is -2.31. The van der Waals surface area contributed by atoms with Crippen LogP contribution in [-0.4, -0.2) is 60.8 Å². The normalized spacial score (nSPS) is 13.8. The maximum atomic E-state index is 12.8. The molecule has 4 rings (SSSR count). The van der Waals surface area contributed by atoms with Crippen LogP contribution in [0.15, 0.2) is 58.2 Å². The summed E-state index contributed by atoms with van der Waals surface area (Å²) < 4.78 is 16.1. The van der Waals surface area contributed by atoms with Gasteiger partial charge in [0.2, 0.25) is 5.89 Å². The van der Waals surface area contributed by atoms with Crippen molar-refractivity contribution in [2.45, 2.75) is 0 Å². The zero-order valence-electron chi connectivity index (χ0n) is 17.0. The van der Waals surface area contributed by atoms with E-state index in [1.54, 1.807) is 18.2 Å². The molecule has 3 aromatic rings. The topological polar surface area (TPSA) is 114 Å². The number of fused-ring (bicyclic) bond motifs is 1. The van der Waals surface area contributed by atoms with E-state index in [1.807, 2.05) is 24.3 Å². The largest absolute Gasteiger partial charge is 0.495 e. The number of ether oxygens (including phenoxy) is 2. The van der Waals surface area contributed by atoms with Crippen molar-refractivity contribution < 1.29 is 28.6 Å². The highest BCUT2D eigenvalue weighted by atomic mass is 16.5. The van der Waals surface area contributed by atoms with Crippen molar-refractivity contribution in [3.8, 4) is 17.2 Å². The van der Waals surface area contributed by atoms with E-state index in [2.05, 4.69) is 10.3 Å². The number of rotatable bonds is 7. The summed E-state index contributed by atoms with van der Waals surface area (Å²) in [5.41, 5.74) is 2.76. The molecular weight excluding hydrogens is 402 g/mol. The Morgan fingerprint density at radius 1 is 1.26 bits per heavy atom. The molecule has 9 heteroatoms. The molecular formula is C22H21N3O6. The van der Waals surface area contributed by atoms with Gasteiger partial charge in [-0.05, 0) is 30.3 Å². The van der Waals surface area contributed by atoms with Crippen LogP contribution in [0.25, 0.3) is 22.6 Å². The number of nitrogens with one attached hydrogen (secondary N) is 1. The summed E-state index contributed by atoms with van der Waals surface area (Å²) >= 11 is 0. The van der Waals surface area contributed by atoms with Gasteiger partial charge in [0, 0.05) is 12.1 Å². The first-order valence-electron chi connectivity index (χ1n) is 9.58. The lowest BCUT2D eigenvalue weighted by molar-refractivity contribution is -0.136. The number of aliphatic hydroxyl groups excluding tert-OH is 1. The first-order chi connectivity index (χ1) is 15.0. The van der Waals surface area contributed by atoms with Gasteiger partial charge in [0.1, 0.15) is 17.0 Å². The zero-order chi connectivity index (χ0) is 22.0. The van der Waals surface area contributed by atoms with Crippen LogP contribution in [-0.2, 0) is 14.3 Å². The van der Waals surface area contributed by atoms with Crippen LogP contribution >= 0.6 is 0 Å². The number of nitrogens with zero attached hydrogens (tertiary/aromatic N) is 2. The number of benzene rings is 2. The minimum absolute atomic E-state index is 0.0432. The maximum absolute atomic E-state index is 12.8. The van der Waals surface area contributed by atoms with Gasteiger partial charge in [0.05, 0.1) is 38.6 Å². The summed E-state index contributed by atoms with van der Waals surface area (Å²) in [7, 11) is 2.75. The number of esters is 1. The smallest absolute Gasteiger partial charge is 0.337 e. The number of hydrogen-bond donors (Lipinski definition) is 2. The van der Waals surface area contributed by atoms with Crippen LogP contribution < -0.4 is 10.1 Å². The highest BCUT2D eigenvalue weighted by molar-refractivity contribution is 6.08. The molecule has 0 spiro atoms. The SMILES string of the molecule is COC(=O)C1=C(Nc2cc(-c3nc4ccccc4o3)ccc2OC)C(=O)N(CCO)C1. The van der Waals surface area contributed by atoms with Crippen LogP contribution in [0.2, 0.25) is 0 Å². The Bertz CT molecular complexity index is 1150. The van der Waals surface area contributed by atoms with E-state index < -0.39 is 11.9 Å². The minimum atomic E-state index is -0.620. The monoisotopic (exact) mass is 423 g/mol. The Kier molecular flexibility index (Phi) is 5.59. The van der Waals surface area contributed by atoms with Crippen molar-refractivity contribution in [2.75, 3.05) is 39.2 Å². The first-order valence-corrected chi connectivity index (χ1v) is 9.58. The van der Waals surface area contributed by atoms with E-state index >= 15 is 0 Å². The number of aromatic nitrogens is 1. The molecule has 0 aliphatic carbocycles. The number of methoxy groups -OCH3 is 2. The van der Waals surface area contributed by atoms with Crippen molar-refractivity contribution in [3.63, 3.8) is 0 Å². The van der Waals surface area contributed by atoms with Gasteiger partial charge < -0.3 is 29.2 Å².